The lowest BCUT2D eigenvalue weighted by Gasteiger charge is -2.03. The van der Waals surface area contributed by atoms with Gasteiger partial charge in [0.1, 0.15) is 5.75 Å². The first-order valence-corrected chi connectivity index (χ1v) is 3.90. The van der Waals surface area contributed by atoms with E-state index in [1.54, 1.807) is 0 Å². The normalized spacial score (nSPS) is 9.55. The summed E-state index contributed by atoms with van der Waals surface area (Å²) in [4.78, 5) is 0. The summed E-state index contributed by atoms with van der Waals surface area (Å²) in [7, 11) is 0. The van der Waals surface area contributed by atoms with Crippen LogP contribution in [0.1, 0.15) is 12.8 Å². The summed E-state index contributed by atoms with van der Waals surface area (Å²) >= 11 is 0. The van der Waals surface area contributed by atoms with Gasteiger partial charge in [-0.3, -0.25) is 0 Å². The van der Waals surface area contributed by atoms with Crippen LogP contribution in [0.3, 0.4) is 0 Å². The van der Waals surface area contributed by atoms with Crippen LogP contribution in [0.15, 0.2) is 30.3 Å². The van der Waals surface area contributed by atoms with E-state index in [4.69, 9.17) is 4.74 Å². The molecule has 0 fully saturated rings. The number of para-hydroxylation sites is 1. The maximum absolute atomic E-state index is 5.41. The summed E-state index contributed by atoms with van der Waals surface area (Å²) in [6.45, 7) is 4.51. The first-order valence-electron chi connectivity index (χ1n) is 3.90. The predicted molar refractivity (Wildman–Crippen MR) is 46.5 cm³/mol. The molecule has 0 heterocycles. The van der Waals surface area contributed by atoms with Crippen LogP contribution in [0.25, 0.3) is 0 Å². The molecule has 0 aromatic heterocycles. The van der Waals surface area contributed by atoms with Crippen LogP contribution in [0.5, 0.6) is 5.75 Å². The quantitative estimate of drug-likeness (QED) is 0.598. The summed E-state index contributed by atoms with van der Waals surface area (Å²) < 4.78 is 5.41. The van der Waals surface area contributed by atoms with Crippen LogP contribution in [0.2, 0.25) is 0 Å². The van der Waals surface area contributed by atoms with Gasteiger partial charge < -0.3 is 4.74 Å². The maximum atomic E-state index is 5.41. The summed E-state index contributed by atoms with van der Waals surface area (Å²) in [5.74, 6) is 0.945. The molecule has 0 unspecified atom stereocenters. The molecule has 0 amide bonds. The third-order valence-corrected chi connectivity index (χ3v) is 1.41. The number of rotatable bonds is 4. The molecule has 0 saturated heterocycles. The standard InChI is InChI=1S/C10H13O/c1-2-3-9-11-10-7-5-4-6-8-10/h4-8H,1-3,9H2. The molecule has 1 radical (unpaired) electrons. The van der Waals surface area contributed by atoms with Gasteiger partial charge in [0.2, 0.25) is 0 Å². The van der Waals surface area contributed by atoms with Gasteiger partial charge in [0.15, 0.2) is 0 Å². The van der Waals surface area contributed by atoms with Crippen LogP contribution in [0, 0.1) is 6.92 Å². The van der Waals surface area contributed by atoms with Crippen LogP contribution in [0.4, 0.5) is 0 Å². The molecular formula is C10H13O. The molecule has 59 valence electrons. The maximum Gasteiger partial charge on any atom is 0.119 e. The average molecular weight is 149 g/mol. The third kappa shape index (κ3) is 3.08. The van der Waals surface area contributed by atoms with Crippen molar-refractivity contribution in [2.45, 2.75) is 12.8 Å². The molecule has 0 aliphatic rings. The summed E-state index contributed by atoms with van der Waals surface area (Å²) in [5.41, 5.74) is 0. The second-order valence-corrected chi connectivity index (χ2v) is 2.37. The Labute approximate surface area is 68.0 Å². The van der Waals surface area contributed by atoms with Crippen molar-refractivity contribution < 1.29 is 4.74 Å². The number of unbranched alkanes of at least 4 members (excludes halogenated alkanes) is 1. The average Bonchev–Trinajstić information content (AvgIpc) is 2.07. The van der Waals surface area contributed by atoms with E-state index in [1.807, 2.05) is 30.3 Å². The van der Waals surface area contributed by atoms with E-state index in [0.29, 0.717) is 0 Å². The minimum atomic E-state index is 0.771. The molecule has 0 saturated carbocycles. The van der Waals surface area contributed by atoms with E-state index in [1.165, 1.54) is 0 Å². The fraction of sp³-hybridized carbons (Fsp3) is 0.300. The van der Waals surface area contributed by atoms with Crippen molar-refractivity contribution in [2.24, 2.45) is 0 Å². The van der Waals surface area contributed by atoms with E-state index >= 15 is 0 Å². The van der Waals surface area contributed by atoms with E-state index in [2.05, 4.69) is 6.92 Å². The van der Waals surface area contributed by atoms with Gasteiger partial charge >= 0.3 is 0 Å². The minimum absolute atomic E-state index is 0.771. The van der Waals surface area contributed by atoms with Crippen molar-refractivity contribution in [1.29, 1.82) is 0 Å². The van der Waals surface area contributed by atoms with E-state index in [0.717, 1.165) is 25.2 Å². The topological polar surface area (TPSA) is 9.23 Å². The van der Waals surface area contributed by atoms with Crippen LogP contribution in [-0.2, 0) is 0 Å². The first-order chi connectivity index (χ1) is 5.43. The molecule has 11 heavy (non-hydrogen) atoms. The molecule has 0 atom stereocenters. The molecule has 0 N–H and O–H groups in total. The van der Waals surface area contributed by atoms with Gasteiger partial charge in [-0.05, 0) is 18.6 Å². The number of benzene rings is 1. The van der Waals surface area contributed by atoms with Gasteiger partial charge in [-0.15, -0.1) is 0 Å². The fourth-order valence-corrected chi connectivity index (χ4v) is 0.809. The number of hydrogen-bond acceptors (Lipinski definition) is 1. The highest BCUT2D eigenvalue weighted by Crippen LogP contribution is 2.08. The molecule has 1 rings (SSSR count). The lowest BCUT2D eigenvalue weighted by atomic mass is 10.3. The van der Waals surface area contributed by atoms with Crippen molar-refractivity contribution in [3.05, 3.63) is 37.3 Å². The highest BCUT2D eigenvalue weighted by Gasteiger charge is 1.88. The Kier molecular flexibility index (Phi) is 3.53. The zero-order valence-electron chi connectivity index (χ0n) is 6.62. The highest BCUT2D eigenvalue weighted by molar-refractivity contribution is 5.20. The molecule has 1 aromatic carbocycles. The third-order valence-electron chi connectivity index (χ3n) is 1.41. The van der Waals surface area contributed by atoms with Gasteiger partial charge in [0.25, 0.3) is 0 Å². The van der Waals surface area contributed by atoms with Crippen molar-refractivity contribution in [2.75, 3.05) is 6.61 Å². The van der Waals surface area contributed by atoms with E-state index in [9.17, 15) is 0 Å². The van der Waals surface area contributed by atoms with Crippen molar-refractivity contribution in [3.63, 3.8) is 0 Å². The SMILES string of the molecule is [CH2]CCCOc1ccccc1. The molecule has 0 aliphatic carbocycles. The van der Waals surface area contributed by atoms with Gasteiger partial charge in [0.05, 0.1) is 6.61 Å². The summed E-state index contributed by atoms with van der Waals surface area (Å²) in [5, 5.41) is 0. The number of ether oxygens (including phenoxy) is 1. The lowest BCUT2D eigenvalue weighted by Crippen LogP contribution is -1.95. The Hall–Kier alpha value is -0.980. The summed E-state index contributed by atoms with van der Waals surface area (Å²) in [6.07, 6.45) is 1.96. The van der Waals surface area contributed by atoms with Crippen LogP contribution < -0.4 is 4.74 Å². The van der Waals surface area contributed by atoms with Crippen molar-refractivity contribution >= 4 is 0 Å². The Balaban J connectivity index is 2.28. The van der Waals surface area contributed by atoms with Crippen molar-refractivity contribution in [1.82, 2.24) is 0 Å². The zero-order chi connectivity index (χ0) is 7.94. The second-order valence-electron chi connectivity index (χ2n) is 2.37. The first kappa shape index (κ1) is 8.12. The molecule has 0 spiro atoms. The molecule has 1 heteroatoms. The summed E-state index contributed by atoms with van der Waals surface area (Å²) in [6, 6.07) is 9.85. The Bertz CT molecular complexity index is 181. The lowest BCUT2D eigenvalue weighted by molar-refractivity contribution is 0.312. The van der Waals surface area contributed by atoms with Gasteiger partial charge in [-0.1, -0.05) is 31.5 Å². The number of hydrogen-bond donors (Lipinski definition) is 0. The molecule has 1 aromatic rings. The Morgan fingerprint density at radius 2 is 1.91 bits per heavy atom. The smallest absolute Gasteiger partial charge is 0.119 e. The molecule has 0 aliphatic heterocycles. The van der Waals surface area contributed by atoms with Crippen molar-refractivity contribution in [3.8, 4) is 5.75 Å². The van der Waals surface area contributed by atoms with Gasteiger partial charge in [-0.25, -0.2) is 0 Å². The molecular weight excluding hydrogens is 136 g/mol. The second kappa shape index (κ2) is 4.78. The predicted octanol–water partition coefficient (Wildman–Crippen LogP) is 2.68. The Morgan fingerprint density at radius 3 is 2.55 bits per heavy atom. The monoisotopic (exact) mass is 149 g/mol. The Morgan fingerprint density at radius 1 is 1.18 bits per heavy atom. The fourth-order valence-electron chi connectivity index (χ4n) is 0.809. The van der Waals surface area contributed by atoms with Crippen LogP contribution >= 0.6 is 0 Å². The minimum Gasteiger partial charge on any atom is -0.494 e. The largest absolute Gasteiger partial charge is 0.494 e. The van der Waals surface area contributed by atoms with E-state index < -0.39 is 0 Å². The van der Waals surface area contributed by atoms with Gasteiger partial charge in [0, 0.05) is 0 Å². The van der Waals surface area contributed by atoms with E-state index in [-0.39, 0.29) is 0 Å². The zero-order valence-corrected chi connectivity index (χ0v) is 6.62. The molecule has 0 bridgehead atoms. The van der Waals surface area contributed by atoms with Gasteiger partial charge in [-0.2, -0.15) is 0 Å². The molecule has 1 nitrogen and oxygen atoms in total. The highest BCUT2D eigenvalue weighted by atomic mass is 16.5. The van der Waals surface area contributed by atoms with Crippen LogP contribution in [-0.4, -0.2) is 6.61 Å².